The van der Waals surface area contributed by atoms with Gasteiger partial charge in [-0.2, -0.15) is 0 Å². The van der Waals surface area contributed by atoms with Gasteiger partial charge in [-0.15, -0.1) is 0 Å². The average Bonchev–Trinajstić information content (AvgIpc) is 2.65. The summed E-state index contributed by atoms with van der Waals surface area (Å²) in [7, 11) is 0. The van der Waals surface area contributed by atoms with Gasteiger partial charge >= 0.3 is 0 Å². The monoisotopic (exact) mass is 295 g/mol. The van der Waals surface area contributed by atoms with E-state index >= 15 is 0 Å². The molecule has 0 aromatic heterocycles. The van der Waals surface area contributed by atoms with E-state index in [1.165, 1.54) is 11.8 Å². The van der Waals surface area contributed by atoms with Crippen LogP contribution in [0.4, 0.5) is 0 Å². The third-order valence-corrected chi connectivity index (χ3v) is 3.46. The number of benzene rings is 1. The zero-order valence-corrected chi connectivity index (χ0v) is 11.6. The van der Waals surface area contributed by atoms with Gasteiger partial charge in [0.2, 0.25) is 0 Å². The molecule has 106 valence electrons. The van der Waals surface area contributed by atoms with E-state index in [1.54, 1.807) is 24.3 Å². The number of hydrogen-bond donors (Lipinski definition) is 2. The average molecular weight is 296 g/mol. The summed E-state index contributed by atoms with van der Waals surface area (Å²) in [6, 6.07) is 5.97. The number of hydrogen-bond acceptors (Lipinski definition) is 4. The fourth-order valence-electron chi connectivity index (χ4n) is 2.34. The molecule has 1 aromatic carbocycles. The first kappa shape index (κ1) is 14.6. The lowest BCUT2D eigenvalue weighted by Crippen LogP contribution is -2.33. The Labute approximate surface area is 121 Å². The molecule has 1 amide bonds. The van der Waals surface area contributed by atoms with E-state index in [0.29, 0.717) is 10.6 Å². The summed E-state index contributed by atoms with van der Waals surface area (Å²) >= 11 is 5.82. The van der Waals surface area contributed by atoms with E-state index in [0.717, 1.165) is 0 Å². The van der Waals surface area contributed by atoms with Gasteiger partial charge in [-0.3, -0.25) is 9.59 Å². The van der Waals surface area contributed by atoms with E-state index < -0.39 is 17.7 Å². The first-order chi connectivity index (χ1) is 9.47. The van der Waals surface area contributed by atoms with Crippen LogP contribution in [-0.2, 0) is 9.59 Å². The number of Topliss-reactive ketones (excluding diaryl/α,β-unsaturated/α-hetero) is 1. The molecule has 5 nitrogen and oxygen atoms in total. The van der Waals surface area contributed by atoms with E-state index in [-0.39, 0.29) is 24.5 Å². The quantitative estimate of drug-likeness (QED) is 0.885. The predicted octanol–water partition coefficient (Wildman–Crippen LogP) is 1.62. The lowest BCUT2D eigenvalue weighted by Gasteiger charge is -2.25. The van der Waals surface area contributed by atoms with Gasteiger partial charge in [0.1, 0.15) is 0 Å². The van der Waals surface area contributed by atoms with E-state index in [1.807, 2.05) is 0 Å². The van der Waals surface area contributed by atoms with Crippen molar-refractivity contribution in [3.05, 3.63) is 46.2 Å². The highest BCUT2D eigenvalue weighted by molar-refractivity contribution is 6.30. The molecular formula is C14H14ClNO4. The maximum absolute atomic E-state index is 12.0. The van der Waals surface area contributed by atoms with Crippen molar-refractivity contribution < 1.29 is 19.8 Å². The van der Waals surface area contributed by atoms with Crippen molar-refractivity contribution in [2.24, 2.45) is 0 Å². The Kier molecular flexibility index (Phi) is 4.11. The van der Waals surface area contributed by atoms with Crippen molar-refractivity contribution in [2.75, 3.05) is 13.2 Å². The number of nitrogens with zero attached hydrogens (tertiary/aromatic N) is 1. The molecule has 1 aliphatic rings. The molecule has 0 bridgehead atoms. The zero-order valence-electron chi connectivity index (χ0n) is 10.8. The standard InChI is InChI=1S/C14H14ClNO4/c1-8(18)11-12(9-2-4-10(15)5-3-9)16(6-7-17)14(20)13(11)19/h2-5,12,17,19H,6-7H2,1H3. The van der Waals surface area contributed by atoms with Crippen molar-refractivity contribution in [3.63, 3.8) is 0 Å². The Balaban J connectivity index is 2.51. The molecule has 0 spiro atoms. The molecule has 20 heavy (non-hydrogen) atoms. The van der Waals surface area contributed by atoms with Crippen LogP contribution in [0.5, 0.6) is 0 Å². The number of carbonyl (C=O) groups is 2. The minimum atomic E-state index is -0.690. The predicted molar refractivity (Wildman–Crippen MR) is 73.3 cm³/mol. The van der Waals surface area contributed by atoms with Crippen molar-refractivity contribution in [3.8, 4) is 0 Å². The molecule has 0 radical (unpaired) electrons. The third-order valence-electron chi connectivity index (χ3n) is 3.21. The highest BCUT2D eigenvalue weighted by atomic mass is 35.5. The van der Waals surface area contributed by atoms with Gasteiger partial charge in [-0.25, -0.2) is 0 Å². The number of aliphatic hydroxyl groups excluding tert-OH is 2. The first-order valence-corrected chi connectivity index (χ1v) is 6.46. The number of carbonyl (C=O) groups excluding carboxylic acids is 2. The third kappa shape index (κ3) is 2.42. The van der Waals surface area contributed by atoms with Crippen molar-refractivity contribution in [2.45, 2.75) is 13.0 Å². The summed E-state index contributed by atoms with van der Waals surface area (Å²) < 4.78 is 0. The smallest absolute Gasteiger partial charge is 0.290 e. The number of β-amino-alcohol motifs (C(OH)–C–C–N with tert-alkyl or cyclic N) is 1. The lowest BCUT2D eigenvalue weighted by molar-refractivity contribution is -0.129. The van der Waals surface area contributed by atoms with Crippen LogP contribution >= 0.6 is 11.6 Å². The molecular weight excluding hydrogens is 282 g/mol. The van der Waals surface area contributed by atoms with Crippen LogP contribution in [0.2, 0.25) is 5.02 Å². The van der Waals surface area contributed by atoms with Crippen molar-refractivity contribution in [1.82, 2.24) is 4.90 Å². The van der Waals surface area contributed by atoms with Crippen LogP contribution in [0.15, 0.2) is 35.6 Å². The highest BCUT2D eigenvalue weighted by Gasteiger charge is 2.41. The fraction of sp³-hybridized carbons (Fsp3) is 0.286. The molecule has 0 aliphatic carbocycles. The molecule has 0 saturated heterocycles. The normalized spacial score (nSPS) is 18.9. The Morgan fingerprint density at radius 2 is 1.95 bits per heavy atom. The molecule has 1 atom stereocenters. The number of amides is 1. The molecule has 0 fully saturated rings. The SMILES string of the molecule is CC(=O)C1=C(O)C(=O)N(CCO)C1c1ccc(Cl)cc1. The Bertz CT molecular complexity index is 579. The fourth-order valence-corrected chi connectivity index (χ4v) is 2.47. The second kappa shape index (κ2) is 5.64. The highest BCUT2D eigenvalue weighted by Crippen LogP contribution is 2.37. The summed E-state index contributed by atoms with van der Waals surface area (Å²) in [5.74, 6) is -1.58. The number of aliphatic hydroxyl groups is 2. The summed E-state index contributed by atoms with van der Waals surface area (Å²) in [6.07, 6.45) is 0. The van der Waals surface area contributed by atoms with Crippen molar-refractivity contribution >= 4 is 23.3 Å². The van der Waals surface area contributed by atoms with E-state index in [4.69, 9.17) is 16.7 Å². The van der Waals surface area contributed by atoms with Crippen LogP contribution in [0, 0.1) is 0 Å². The lowest BCUT2D eigenvalue weighted by atomic mass is 9.97. The molecule has 6 heteroatoms. The van der Waals surface area contributed by atoms with E-state index in [9.17, 15) is 14.7 Å². The number of halogens is 1. The molecule has 1 heterocycles. The molecule has 1 aromatic rings. The molecule has 2 N–H and O–H groups in total. The van der Waals surface area contributed by atoms with Gasteiger partial charge in [0, 0.05) is 11.6 Å². The Hall–Kier alpha value is -1.85. The van der Waals surface area contributed by atoms with Gasteiger partial charge in [0.05, 0.1) is 18.2 Å². The molecule has 1 aliphatic heterocycles. The largest absolute Gasteiger partial charge is 0.503 e. The number of ketones is 1. The Morgan fingerprint density at radius 3 is 2.45 bits per heavy atom. The van der Waals surface area contributed by atoms with Gasteiger partial charge in [0.25, 0.3) is 5.91 Å². The molecule has 1 unspecified atom stereocenters. The topological polar surface area (TPSA) is 77.8 Å². The number of rotatable bonds is 4. The summed E-state index contributed by atoms with van der Waals surface area (Å²) in [5, 5.41) is 19.5. The van der Waals surface area contributed by atoms with Crippen LogP contribution in [0.1, 0.15) is 18.5 Å². The zero-order chi connectivity index (χ0) is 14.9. The van der Waals surface area contributed by atoms with Crippen LogP contribution in [0.3, 0.4) is 0 Å². The van der Waals surface area contributed by atoms with Crippen LogP contribution in [0.25, 0.3) is 0 Å². The molecule has 2 rings (SSSR count). The summed E-state index contributed by atoms with van der Waals surface area (Å²) in [4.78, 5) is 25.0. The second-order valence-electron chi connectivity index (χ2n) is 4.49. The second-order valence-corrected chi connectivity index (χ2v) is 4.93. The van der Waals surface area contributed by atoms with Crippen molar-refractivity contribution in [1.29, 1.82) is 0 Å². The molecule has 0 saturated carbocycles. The maximum Gasteiger partial charge on any atom is 0.290 e. The van der Waals surface area contributed by atoms with Crippen LogP contribution in [-0.4, -0.2) is 40.0 Å². The van der Waals surface area contributed by atoms with E-state index in [2.05, 4.69) is 0 Å². The Morgan fingerprint density at radius 1 is 1.35 bits per heavy atom. The maximum atomic E-state index is 12.0. The first-order valence-electron chi connectivity index (χ1n) is 6.08. The van der Waals surface area contributed by atoms with Gasteiger partial charge in [0.15, 0.2) is 11.5 Å². The minimum absolute atomic E-state index is 0.0347. The van der Waals surface area contributed by atoms with Gasteiger partial charge in [-0.1, -0.05) is 23.7 Å². The van der Waals surface area contributed by atoms with Gasteiger partial charge in [-0.05, 0) is 24.6 Å². The minimum Gasteiger partial charge on any atom is -0.503 e. The summed E-state index contributed by atoms with van der Waals surface area (Å²) in [6.45, 7) is 1.07. The summed E-state index contributed by atoms with van der Waals surface area (Å²) in [5.41, 5.74) is 0.705. The van der Waals surface area contributed by atoms with Gasteiger partial charge < -0.3 is 15.1 Å². The van der Waals surface area contributed by atoms with Crippen LogP contribution < -0.4 is 0 Å².